The molecule has 0 amide bonds. The monoisotopic (exact) mass is 292 g/mol. The van der Waals surface area contributed by atoms with Crippen LogP contribution in [0.15, 0.2) is 24.3 Å². The van der Waals surface area contributed by atoms with Gasteiger partial charge < -0.3 is 5.73 Å². The highest BCUT2D eigenvalue weighted by atomic mass is 35.5. The summed E-state index contributed by atoms with van der Waals surface area (Å²) in [7, 11) is 0. The average Bonchev–Trinajstić information content (AvgIpc) is 3.08. The number of hydrogen-bond donors (Lipinski definition) is 1. The number of halogens is 1. The fourth-order valence-electron chi connectivity index (χ4n) is 2.14. The summed E-state index contributed by atoms with van der Waals surface area (Å²) in [5.74, 6) is 0.620. The van der Waals surface area contributed by atoms with Crippen molar-refractivity contribution in [2.45, 2.75) is 38.1 Å². The maximum absolute atomic E-state index is 6.29. The molecule has 0 atom stereocenters. The van der Waals surface area contributed by atoms with Crippen molar-refractivity contribution < 1.29 is 0 Å². The van der Waals surface area contributed by atoms with E-state index in [1.165, 1.54) is 23.4 Å². The number of nitrogens with two attached hydrogens (primary N) is 1. The van der Waals surface area contributed by atoms with Crippen LogP contribution in [-0.2, 0) is 5.54 Å². The molecule has 0 bridgehead atoms. The number of nitrogens with zero attached hydrogens (tertiary/aromatic N) is 1. The van der Waals surface area contributed by atoms with E-state index in [-0.39, 0.29) is 5.54 Å². The SMILES string of the molecule is CC(C)(N)c1sc(-c2ccc(Cl)cc2)nc1C1CC1. The first-order chi connectivity index (χ1) is 8.95. The minimum absolute atomic E-state index is 0.319. The lowest BCUT2D eigenvalue weighted by Gasteiger charge is -2.17. The Labute approximate surface area is 122 Å². The van der Waals surface area contributed by atoms with E-state index in [4.69, 9.17) is 22.3 Å². The maximum Gasteiger partial charge on any atom is 0.123 e. The van der Waals surface area contributed by atoms with Crippen LogP contribution in [0.3, 0.4) is 0 Å². The number of benzene rings is 1. The molecule has 100 valence electrons. The van der Waals surface area contributed by atoms with Crippen molar-refractivity contribution in [2.24, 2.45) is 5.73 Å². The van der Waals surface area contributed by atoms with Gasteiger partial charge in [-0.05, 0) is 38.8 Å². The number of aromatic nitrogens is 1. The van der Waals surface area contributed by atoms with Gasteiger partial charge in [-0.2, -0.15) is 0 Å². The van der Waals surface area contributed by atoms with Gasteiger partial charge in [0.05, 0.1) is 5.69 Å². The zero-order valence-corrected chi connectivity index (χ0v) is 12.7. The zero-order valence-electron chi connectivity index (χ0n) is 11.1. The van der Waals surface area contributed by atoms with E-state index in [1.807, 2.05) is 24.3 Å². The third kappa shape index (κ3) is 2.69. The lowest BCUT2D eigenvalue weighted by atomic mass is 10.0. The molecule has 2 nitrogen and oxygen atoms in total. The lowest BCUT2D eigenvalue weighted by Crippen LogP contribution is -2.28. The Hall–Kier alpha value is -0.900. The maximum atomic E-state index is 6.29. The van der Waals surface area contributed by atoms with Crippen molar-refractivity contribution in [3.05, 3.63) is 39.9 Å². The molecular weight excluding hydrogens is 276 g/mol. The molecular formula is C15H17ClN2S. The third-order valence-corrected chi connectivity index (χ3v) is 5.01. The highest BCUT2D eigenvalue weighted by Gasteiger charge is 2.34. The molecule has 3 rings (SSSR count). The summed E-state index contributed by atoms with van der Waals surface area (Å²) in [6.07, 6.45) is 2.49. The van der Waals surface area contributed by atoms with Gasteiger partial charge in [0.2, 0.25) is 0 Å². The van der Waals surface area contributed by atoms with Crippen LogP contribution in [-0.4, -0.2) is 4.98 Å². The molecule has 0 saturated heterocycles. The van der Waals surface area contributed by atoms with Gasteiger partial charge in [-0.3, -0.25) is 0 Å². The van der Waals surface area contributed by atoms with Crippen LogP contribution in [0.25, 0.3) is 10.6 Å². The smallest absolute Gasteiger partial charge is 0.123 e. The second kappa shape index (κ2) is 4.58. The van der Waals surface area contributed by atoms with Gasteiger partial charge in [0.1, 0.15) is 5.01 Å². The largest absolute Gasteiger partial charge is 0.321 e. The first kappa shape index (κ1) is 13.1. The van der Waals surface area contributed by atoms with Crippen molar-refractivity contribution in [1.29, 1.82) is 0 Å². The molecule has 0 spiro atoms. The number of thiazole rings is 1. The standard InChI is InChI=1S/C15H17ClN2S/c1-15(2,17)13-12(9-3-4-9)18-14(19-13)10-5-7-11(16)8-6-10/h5-9H,3-4,17H2,1-2H3. The Morgan fingerprint density at radius 2 is 1.89 bits per heavy atom. The zero-order chi connectivity index (χ0) is 13.6. The van der Waals surface area contributed by atoms with Gasteiger partial charge in [-0.1, -0.05) is 23.7 Å². The van der Waals surface area contributed by atoms with Gasteiger partial charge in [0.15, 0.2) is 0 Å². The van der Waals surface area contributed by atoms with Crippen LogP contribution in [0.2, 0.25) is 5.02 Å². The van der Waals surface area contributed by atoms with E-state index in [1.54, 1.807) is 11.3 Å². The van der Waals surface area contributed by atoms with E-state index in [9.17, 15) is 0 Å². The van der Waals surface area contributed by atoms with Crippen LogP contribution in [0.5, 0.6) is 0 Å². The number of hydrogen-bond acceptors (Lipinski definition) is 3. The molecule has 1 aromatic heterocycles. The van der Waals surface area contributed by atoms with Crippen molar-refractivity contribution in [3.8, 4) is 10.6 Å². The van der Waals surface area contributed by atoms with Gasteiger partial charge in [-0.15, -0.1) is 11.3 Å². The third-order valence-electron chi connectivity index (χ3n) is 3.29. The van der Waals surface area contributed by atoms with Crippen LogP contribution in [0.1, 0.15) is 43.2 Å². The summed E-state index contributed by atoms with van der Waals surface area (Å²) in [5.41, 5.74) is 8.30. The van der Waals surface area contributed by atoms with Crippen molar-refractivity contribution in [3.63, 3.8) is 0 Å². The fourth-order valence-corrected chi connectivity index (χ4v) is 3.44. The van der Waals surface area contributed by atoms with E-state index in [2.05, 4.69) is 13.8 Å². The average molecular weight is 293 g/mol. The molecule has 1 saturated carbocycles. The van der Waals surface area contributed by atoms with Crippen LogP contribution >= 0.6 is 22.9 Å². The molecule has 1 fully saturated rings. The topological polar surface area (TPSA) is 38.9 Å². The van der Waals surface area contributed by atoms with Crippen LogP contribution < -0.4 is 5.73 Å². The minimum atomic E-state index is -0.319. The molecule has 0 aliphatic heterocycles. The highest BCUT2D eigenvalue weighted by Crippen LogP contribution is 2.46. The van der Waals surface area contributed by atoms with Crippen molar-refractivity contribution in [2.75, 3.05) is 0 Å². The Morgan fingerprint density at radius 1 is 1.26 bits per heavy atom. The summed E-state index contributed by atoms with van der Waals surface area (Å²) < 4.78 is 0. The molecule has 1 aliphatic carbocycles. The lowest BCUT2D eigenvalue weighted by molar-refractivity contribution is 0.559. The second-order valence-electron chi connectivity index (χ2n) is 5.74. The van der Waals surface area contributed by atoms with Gasteiger partial charge in [0, 0.05) is 26.9 Å². The van der Waals surface area contributed by atoms with E-state index >= 15 is 0 Å². The summed E-state index contributed by atoms with van der Waals surface area (Å²) in [5, 5.41) is 1.80. The molecule has 1 heterocycles. The Bertz CT molecular complexity index is 592. The Morgan fingerprint density at radius 3 is 2.42 bits per heavy atom. The summed E-state index contributed by atoms with van der Waals surface area (Å²) in [4.78, 5) is 6.06. The first-order valence-electron chi connectivity index (χ1n) is 6.51. The molecule has 1 aliphatic rings. The first-order valence-corrected chi connectivity index (χ1v) is 7.70. The van der Waals surface area contributed by atoms with Gasteiger partial charge >= 0.3 is 0 Å². The van der Waals surface area contributed by atoms with Gasteiger partial charge in [0.25, 0.3) is 0 Å². The van der Waals surface area contributed by atoms with Crippen molar-refractivity contribution >= 4 is 22.9 Å². The predicted octanol–water partition coefficient (Wildman–Crippen LogP) is 4.53. The molecule has 2 N–H and O–H groups in total. The summed E-state index contributed by atoms with van der Waals surface area (Å²) >= 11 is 7.65. The van der Waals surface area contributed by atoms with E-state index in [0.717, 1.165) is 15.6 Å². The molecule has 4 heteroatoms. The normalized spacial score (nSPS) is 15.8. The summed E-state index contributed by atoms with van der Waals surface area (Å²) in [6.45, 7) is 4.11. The highest BCUT2D eigenvalue weighted by molar-refractivity contribution is 7.15. The summed E-state index contributed by atoms with van der Waals surface area (Å²) in [6, 6.07) is 7.85. The molecule has 2 aromatic rings. The molecule has 1 aromatic carbocycles. The quantitative estimate of drug-likeness (QED) is 0.902. The predicted molar refractivity (Wildman–Crippen MR) is 81.7 cm³/mol. The second-order valence-corrected chi connectivity index (χ2v) is 7.17. The van der Waals surface area contributed by atoms with Crippen LogP contribution in [0, 0.1) is 0 Å². The Balaban J connectivity index is 2.05. The van der Waals surface area contributed by atoms with E-state index in [0.29, 0.717) is 5.92 Å². The Kier molecular flexibility index (Phi) is 3.16. The van der Waals surface area contributed by atoms with E-state index < -0.39 is 0 Å². The molecule has 19 heavy (non-hydrogen) atoms. The fraction of sp³-hybridized carbons (Fsp3) is 0.400. The molecule has 0 radical (unpaired) electrons. The van der Waals surface area contributed by atoms with Gasteiger partial charge in [-0.25, -0.2) is 4.98 Å². The number of rotatable bonds is 3. The van der Waals surface area contributed by atoms with Crippen molar-refractivity contribution in [1.82, 2.24) is 4.98 Å². The van der Waals surface area contributed by atoms with Crippen LogP contribution in [0.4, 0.5) is 0 Å². The minimum Gasteiger partial charge on any atom is -0.321 e. The molecule has 0 unspecified atom stereocenters.